The summed E-state index contributed by atoms with van der Waals surface area (Å²) < 4.78 is 72.2. The third-order valence-electron chi connectivity index (χ3n) is 12.8. The zero-order valence-corrected chi connectivity index (χ0v) is 41.9. The first-order valence-corrected chi connectivity index (χ1v) is 25.2. The molecule has 2 saturated heterocycles. The molecule has 0 amide bonds. The Kier molecular flexibility index (Phi) is 19.3. The highest BCUT2D eigenvalue weighted by Crippen LogP contribution is 2.35. The number of rotatable bonds is 23. The van der Waals surface area contributed by atoms with Crippen LogP contribution in [-0.2, 0) is 78.5 Å². The van der Waals surface area contributed by atoms with Gasteiger partial charge in [-0.25, -0.2) is 14.4 Å². The van der Waals surface area contributed by atoms with E-state index < -0.39 is 79.3 Å². The quantitative estimate of drug-likeness (QED) is 0.0441. The molecule has 392 valence electrons. The number of carbonyl (C=O) groups is 3. The van der Waals surface area contributed by atoms with Crippen LogP contribution in [0.3, 0.4) is 0 Å². The van der Waals surface area contributed by atoms with Gasteiger partial charge in [0.05, 0.1) is 56.3 Å². The fourth-order valence-electron chi connectivity index (χ4n) is 8.97. The van der Waals surface area contributed by atoms with Gasteiger partial charge in [-0.05, 0) is 58.7 Å². The van der Waals surface area contributed by atoms with Crippen LogP contribution < -0.4 is 0 Å². The van der Waals surface area contributed by atoms with Crippen molar-refractivity contribution in [3.8, 4) is 0 Å². The van der Waals surface area contributed by atoms with Crippen molar-refractivity contribution < 1.29 is 66.5 Å². The van der Waals surface area contributed by atoms with Crippen LogP contribution in [0.15, 0.2) is 212 Å². The van der Waals surface area contributed by atoms with Gasteiger partial charge < -0.3 is 52.1 Å². The minimum atomic E-state index is -1.52. The molecule has 0 N–H and O–H groups in total. The summed E-state index contributed by atoms with van der Waals surface area (Å²) in [5.41, 5.74) is 4.28. The summed E-state index contributed by atoms with van der Waals surface area (Å²) in [6.45, 7) is 0.495. The minimum Gasteiger partial charge on any atom is -0.452 e. The summed E-state index contributed by atoms with van der Waals surface area (Å²) in [5.74, 6) is -2.32. The molecule has 7 aromatic carbocycles. The summed E-state index contributed by atoms with van der Waals surface area (Å²) in [5, 5.41) is 0. The van der Waals surface area contributed by atoms with Crippen molar-refractivity contribution in [1.29, 1.82) is 0 Å². The second-order valence-corrected chi connectivity index (χ2v) is 18.1. The number of methoxy groups -OCH3 is 1. The van der Waals surface area contributed by atoms with Crippen molar-refractivity contribution in [3.63, 3.8) is 0 Å². The van der Waals surface area contributed by atoms with Crippen LogP contribution >= 0.6 is 0 Å². The van der Waals surface area contributed by atoms with E-state index in [0.29, 0.717) is 0 Å². The van der Waals surface area contributed by atoms with E-state index in [-0.39, 0.29) is 56.3 Å². The average Bonchev–Trinajstić information content (AvgIpc) is 3.48. The molecule has 0 radical (unpaired) electrons. The molecule has 14 nitrogen and oxygen atoms in total. The fraction of sp³-hybridized carbons (Fsp3) is 0.274. The Bertz CT molecular complexity index is 2830. The maximum atomic E-state index is 14.2. The largest absolute Gasteiger partial charge is 0.452 e. The number of carbonyl (C=O) groups excluding carboxylic acids is 3. The summed E-state index contributed by atoms with van der Waals surface area (Å²) in [6, 6.07) is 63.9. The van der Waals surface area contributed by atoms with E-state index in [2.05, 4.69) is 0 Å². The maximum Gasteiger partial charge on any atom is 0.338 e. The maximum absolute atomic E-state index is 14.2. The predicted molar refractivity (Wildman–Crippen MR) is 278 cm³/mol. The first kappa shape index (κ1) is 53.5. The van der Waals surface area contributed by atoms with Gasteiger partial charge in [0.2, 0.25) is 0 Å². The van der Waals surface area contributed by atoms with Crippen molar-refractivity contribution >= 4 is 17.9 Å². The second-order valence-electron chi connectivity index (χ2n) is 18.1. The zero-order valence-electron chi connectivity index (χ0n) is 41.9. The standard InChI is InChI=1S/C62H60O14/c1-66-61-57(76-60(65)49-35-21-8-22-36-49)55(75-59(64)48-33-19-7-20-34-48)53(74-58(63)47-31-17-6-18-32-47)51(72-61)42-71-62-56(70-40-46-29-15-5-16-30-46)54(69-39-45-27-13-4-14-28-45)52(68-38-44-25-11-3-12-26-44)50(73-62)41-67-37-43-23-9-2-10-24-43/h2-36,50-57,61-62H,37-42H2,1H3/t50-,51-,52-,53-,54+,55+,56-,57+,61+,62?/m1/s1. The summed E-state index contributed by atoms with van der Waals surface area (Å²) >= 11 is 0. The number of ether oxygens (including phenoxy) is 11. The molecule has 7 aromatic rings. The highest BCUT2D eigenvalue weighted by Gasteiger charge is 2.55. The molecule has 2 fully saturated rings. The minimum absolute atomic E-state index is 0.0553. The molecule has 1 unspecified atom stereocenters. The third kappa shape index (κ3) is 14.5. The van der Waals surface area contributed by atoms with Gasteiger partial charge in [-0.15, -0.1) is 0 Å². The molecule has 2 aliphatic heterocycles. The molecule has 9 rings (SSSR count). The molecular weight excluding hydrogens is 969 g/mol. The van der Waals surface area contributed by atoms with Crippen LogP contribution in [0.25, 0.3) is 0 Å². The molecule has 0 aromatic heterocycles. The first-order valence-electron chi connectivity index (χ1n) is 25.2. The molecule has 2 heterocycles. The van der Waals surface area contributed by atoms with Gasteiger partial charge in [-0.1, -0.05) is 176 Å². The molecule has 10 atom stereocenters. The van der Waals surface area contributed by atoms with Gasteiger partial charge in [0.1, 0.15) is 30.5 Å². The normalized spacial score (nSPS) is 23.2. The highest BCUT2D eigenvalue weighted by atomic mass is 16.8. The van der Waals surface area contributed by atoms with E-state index in [1.165, 1.54) is 7.11 Å². The third-order valence-corrected chi connectivity index (χ3v) is 12.8. The van der Waals surface area contributed by atoms with Crippen LogP contribution in [-0.4, -0.2) is 99.6 Å². The van der Waals surface area contributed by atoms with Crippen molar-refractivity contribution in [2.75, 3.05) is 20.3 Å². The van der Waals surface area contributed by atoms with Crippen molar-refractivity contribution in [1.82, 2.24) is 0 Å². The summed E-state index contributed by atoms with van der Waals surface area (Å²) in [4.78, 5) is 42.3. The highest BCUT2D eigenvalue weighted by molar-refractivity contribution is 5.91. The van der Waals surface area contributed by atoms with Crippen LogP contribution in [0.5, 0.6) is 0 Å². The lowest BCUT2D eigenvalue weighted by Gasteiger charge is -2.47. The van der Waals surface area contributed by atoms with E-state index in [4.69, 9.17) is 52.1 Å². The molecule has 14 heteroatoms. The molecule has 0 spiro atoms. The number of hydrogen-bond donors (Lipinski definition) is 0. The Morgan fingerprint density at radius 1 is 0.342 bits per heavy atom. The molecule has 0 saturated carbocycles. The van der Waals surface area contributed by atoms with Crippen molar-refractivity contribution in [3.05, 3.63) is 251 Å². The van der Waals surface area contributed by atoms with Gasteiger partial charge in [-0.3, -0.25) is 0 Å². The second kappa shape index (κ2) is 27.4. The van der Waals surface area contributed by atoms with Crippen LogP contribution in [0.2, 0.25) is 0 Å². The molecule has 0 aliphatic carbocycles. The Balaban J connectivity index is 1.08. The smallest absolute Gasteiger partial charge is 0.338 e. The lowest BCUT2D eigenvalue weighted by molar-refractivity contribution is -0.343. The van der Waals surface area contributed by atoms with E-state index in [9.17, 15) is 14.4 Å². The van der Waals surface area contributed by atoms with Gasteiger partial charge in [0.15, 0.2) is 30.9 Å². The Hall–Kier alpha value is -7.37. The number of benzene rings is 7. The van der Waals surface area contributed by atoms with E-state index in [1.54, 1.807) is 91.0 Å². The molecule has 0 bridgehead atoms. The predicted octanol–water partition coefficient (Wildman–Crippen LogP) is 9.75. The van der Waals surface area contributed by atoms with Crippen molar-refractivity contribution in [2.24, 2.45) is 0 Å². The monoisotopic (exact) mass is 1030 g/mol. The SMILES string of the molecule is CO[C@H]1O[C@H](COC2O[C@H](COCc3ccccc3)[C@@H](OCc3ccccc3)[C@H](OCc3ccccc3)[C@H]2OCc2ccccc2)[C@@H](OC(=O)c2ccccc2)[C@H](OC(=O)c2ccccc2)[C@@H]1OC(=O)c1ccccc1. The molecule has 2 aliphatic rings. The van der Waals surface area contributed by atoms with Gasteiger partial charge in [0, 0.05) is 7.11 Å². The molecular formula is C62H60O14. The average molecular weight is 1030 g/mol. The zero-order chi connectivity index (χ0) is 52.3. The fourth-order valence-corrected chi connectivity index (χ4v) is 8.97. The summed E-state index contributed by atoms with van der Waals surface area (Å²) in [7, 11) is 1.36. The number of hydrogen-bond acceptors (Lipinski definition) is 14. The summed E-state index contributed by atoms with van der Waals surface area (Å²) in [6.07, 6.45) is -11.7. The van der Waals surface area contributed by atoms with E-state index in [0.717, 1.165) is 22.3 Å². The lowest BCUT2D eigenvalue weighted by atomic mass is 9.96. The van der Waals surface area contributed by atoms with Crippen LogP contribution in [0.1, 0.15) is 53.3 Å². The Morgan fingerprint density at radius 2 is 0.684 bits per heavy atom. The lowest BCUT2D eigenvalue weighted by Crippen LogP contribution is -2.64. The van der Waals surface area contributed by atoms with E-state index >= 15 is 0 Å². The van der Waals surface area contributed by atoms with Crippen LogP contribution in [0, 0.1) is 0 Å². The Morgan fingerprint density at radius 3 is 1.12 bits per heavy atom. The van der Waals surface area contributed by atoms with Crippen LogP contribution in [0.4, 0.5) is 0 Å². The number of esters is 3. The molecule has 76 heavy (non-hydrogen) atoms. The van der Waals surface area contributed by atoms with Gasteiger partial charge in [-0.2, -0.15) is 0 Å². The Labute approximate surface area is 442 Å². The van der Waals surface area contributed by atoms with Gasteiger partial charge in [0.25, 0.3) is 0 Å². The van der Waals surface area contributed by atoms with E-state index in [1.807, 2.05) is 121 Å². The topological polar surface area (TPSA) is 153 Å². The van der Waals surface area contributed by atoms with Gasteiger partial charge >= 0.3 is 17.9 Å². The first-order chi connectivity index (χ1) is 37.4. The van der Waals surface area contributed by atoms with Crippen molar-refractivity contribution in [2.45, 2.75) is 87.8 Å².